The Morgan fingerprint density at radius 2 is 1.71 bits per heavy atom. The van der Waals surface area contributed by atoms with E-state index in [9.17, 15) is 0 Å². The number of ether oxygens (including phenoxy) is 1. The second-order valence-electron chi connectivity index (χ2n) is 3.60. The lowest BCUT2D eigenvalue weighted by Crippen LogP contribution is -1.94. The minimum absolute atomic E-state index is 0.814. The largest absolute Gasteiger partial charge is 0.494 e. The quantitative estimate of drug-likeness (QED) is 0.665. The Balaban J connectivity index is 2.42. The molecule has 1 rings (SSSR count). The number of benzene rings is 1. The van der Waals surface area contributed by atoms with Gasteiger partial charge < -0.3 is 4.74 Å². The SMILES string of the molecule is CCCCc1ccc(OCCC)cc1. The topological polar surface area (TPSA) is 9.23 Å². The summed E-state index contributed by atoms with van der Waals surface area (Å²) in [4.78, 5) is 0. The maximum Gasteiger partial charge on any atom is 0.119 e. The molecule has 14 heavy (non-hydrogen) atoms. The van der Waals surface area contributed by atoms with E-state index in [2.05, 4.69) is 38.1 Å². The van der Waals surface area contributed by atoms with Crippen molar-refractivity contribution >= 4 is 0 Å². The third-order valence-electron chi connectivity index (χ3n) is 2.22. The highest BCUT2D eigenvalue weighted by Crippen LogP contribution is 2.13. The van der Waals surface area contributed by atoms with Crippen LogP contribution in [0, 0.1) is 0 Å². The summed E-state index contributed by atoms with van der Waals surface area (Å²) in [7, 11) is 0. The summed E-state index contributed by atoms with van der Waals surface area (Å²) in [6, 6.07) is 8.47. The lowest BCUT2D eigenvalue weighted by atomic mass is 10.1. The highest BCUT2D eigenvalue weighted by atomic mass is 16.5. The summed E-state index contributed by atoms with van der Waals surface area (Å²) in [6.07, 6.45) is 4.78. The molecule has 0 aliphatic heterocycles. The maximum atomic E-state index is 5.51. The molecule has 0 amide bonds. The number of unbranched alkanes of at least 4 members (excludes halogenated alkanes) is 1. The monoisotopic (exact) mass is 192 g/mol. The van der Waals surface area contributed by atoms with Crippen molar-refractivity contribution in [1.29, 1.82) is 0 Å². The van der Waals surface area contributed by atoms with Crippen LogP contribution in [0.2, 0.25) is 0 Å². The fraction of sp³-hybridized carbons (Fsp3) is 0.538. The Hall–Kier alpha value is -0.980. The third kappa shape index (κ3) is 3.82. The van der Waals surface area contributed by atoms with Crippen LogP contribution in [0.1, 0.15) is 38.7 Å². The van der Waals surface area contributed by atoms with Crippen LogP contribution in [0.5, 0.6) is 5.75 Å². The molecule has 0 saturated carbocycles. The first-order valence-corrected chi connectivity index (χ1v) is 5.58. The van der Waals surface area contributed by atoms with Gasteiger partial charge in [-0.25, -0.2) is 0 Å². The molecule has 0 fully saturated rings. The molecule has 78 valence electrons. The first-order valence-electron chi connectivity index (χ1n) is 5.58. The van der Waals surface area contributed by atoms with Gasteiger partial charge in [-0.15, -0.1) is 0 Å². The summed E-state index contributed by atoms with van der Waals surface area (Å²) >= 11 is 0. The highest BCUT2D eigenvalue weighted by Gasteiger charge is 1.94. The van der Waals surface area contributed by atoms with E-state index in [4.69, 9.17) is 4.74 Å². The molecule has 0 radical (unpaired) electrons. The van der Waals surface area contributed by atoms with Gasteiger partial charge in [-0.2, -0.15) is 0 Å². The van der Waals surface area contributed by atoms with Crippen LogP contribution in [0.4, 0.5) is 0 Å². The van der Waals surface area contributed by atoms with Gasteiger partial charge in [0.25, 0.3) is 0 Å². The summed E-state index contributed by atoms with van der Waals surface area (Å²) < 4.78 is 5.51. The van der Waals surface area contributed by atoms with E-state index in [1.165, 1.54) is 24.8 Å². The molecule has 0 aliphatic carbocycles. The number of aryl methyl sites for hydroxylation is 1. The zero-order valence-corrected chi connectivity index (χ0v) is 9.25. The Labute approximate surface area is 87.1 Å². The first-order chi connectivity index (χ1) is 6.86. The van der Waals surface area contributed by atoms with E-state index >= 15 is 0 Å². The van der Waals surface area contributed by atoms with E-state index in [1.54, 1.807) is 0 Å². The highest BCUT2D eigenvalue weighted by molar-refractivity contribution is 5.27. The maximum absolute atomic E-state index is 5.51. The standard InChI is InChI=1S/C13H20O/c1-3-5-6-12-7-9-13(10-8-12)14-11-4-2/h7-10H,3-6,11H2,1-2H3. The Morgan fingerprint density at radius 1 is 1.00 bits per heavy atom. The fourth-order valence-electron chi connectivity index (χ4n) is 1.35. The molecule has 0 spiro atoms. The van der Waals surface area contributed by atoms with Crippen molar-refractivity contribution in [3.63, 3.8) is 0 Å². The van der Waals surface area contributed by atoms with E-state index in [0.29, 0.717) is 0 Å². The summed E-state index contributed by atoms with van der Waals surface area (Å²) in [5.41, 5.74) is 1.41. The van der Waals surface area contributed by atoms with Crippen LogP contribution in [0.3, 0.4) is 0 Å². The first kappa shape index (κ1) is 11.1. The average Bonchev–Trinajstić information content (AvgIpc) is 2.25. The van der Waals surface area contributed by atoms with Crippen LogP contribution in [-0.2, 0) is 6.42 Å². The normalized spacial score (nSPS) is 10.1. The molecule has 0 saturated heterocycles. The molecule has 1 aromatic rings. The van der Waals surface area contributed by atoms with Crippen molar-refractivity contribution in [1.82, 2.24) is 0 Å². The van der Waals surface area contributed by atoms with Gasteiger partial charge in [-0.1, -0.05) is 32.4 Å². The van der Waals surface area contributed by atoms with Crippen LogP contribution < -0.4 is 4.74 Å². The number of hydrogen-bond acceptors (Lipinski definition) is 1. The molecule has 0 N–H and O–H groups in total. The molecule has 0 unspecified atom stereocenters. The molecular formula is C13H20O. The predicted molar refractivity (Wildman–Crippen MR) is 60.8 cm³/mol. The lowest BCUT2D eigenvalue weighted by molar-refractivity contribution is 0.317. The van der Waals surface area contributed by atoms with Crippen LogP contribution in [0.15, 0.2) is 24.3 Å². The second-order valence-corrected chi connectivity index (χ2v) is 3.60. The Kier molecular flexibility index (Phi) is 5.13. The number of hydrogen-bond donors (Lipinski definition) is 0. The molecule has 1 aromatic carbocycles. The van der Waals surface area contributed by atoms with Crippen molar-refractivity contribution in [2.45, 2.75) is 39.5 Å². The van der Waals surface area contributed by atoms with Crippen molar-refractivity contribution in [3.8, 4) is 5.75 Å². The molecule has 0 atom stereocenters. The summed E-state index contributed by atoms with van der Waals surface area (Å²) in [6.45, 7) is 5.16. The van der Waals surface area contributed by atoms with Crippen LogP contribution in [-0.4, -0.2) is 6.61 Å². The predicted octanol–water partition coefficient (Wildman–Crippen LogP) is 3.82. The van der Waals surface area contributed by atoms with Crippen molar-refractivity contribution in [2.24, 2.45) is 0 Å². The molecule has 0 aromatic heterocycles. The minimum Gasteiger partial charge on any atom is -0.494 e. The Morgan fingerprint density at radius 3 is 2.29 bits per heavy atom. The van der Waals surface area contributed by atoms with Crippen molar-refractivity contribution < 1.29 is 4.74 Å². The van der Waals surface area contributed by atoms with Gasteiger partial charge >= 0.3 is 0 Å². The van der Waals surface area contributed by atoms with Crippen molar-refractivity contribution in [2.75, 3.05) is 6.61 Å². The van der Waals surface area contributed by atoms with Crippen LogP contribution >= 0.6 is 0 Å². The van der Waals surface area contributed by atoms with Gasteiger partial charge in [0.05, 0.1) is 6.61 Å². The third-order valence-corrected chi connectivity index (χ3v) is 2.22. The van der Waals surface area contributed by atoms with Gasteiger partial charge in [-0.3, -0.25) is 0 Å². The zero-order valence-electron chi connectivity index (χ0n) is 9.25. The molecule has 1 heteroatoms. The van der Waals surface area contributed by atoms with E-state index in [1.807, 2.05) is 0 Å². The lowest BCUT2D eigenvalue weighted by Gasteiger charge is -2.05. The van der Waals surface area contributed by atoms with Gasteiger partial charge in [0, 0.05) is 0 Å². The Bertz CT molecular complexity index is 211. The number of rotatable bonds is 6. The molecule has 0 aliphatic rings. The summed E-state index contributed by atoms with van der Waals surface area (Å²) in [5, 5.41) is 0. The van der Waals surface area contributed by atoms with E-state index in [0.717, 1.165) is 18.8 Å². The van der Waals surface area contributed by atoms with Gasteiger partial charge in [0.1, 0.15) is 5.75 Å². The second kappa shape index (κ2) is 6.47. The molecular weight excluding hydrogens is 172 g/mol. The van der Waals surface area contributed by atoms with Crippen molar-refractivity contribution in [3.05, 3.63) is 29.8 Å². The molecule has 0 bridgehead atoms. The van der Waals surface area contributed by atoms with Gasteiger partial charge in [0.2, 0.25) is 0 Å². The smallest absolute Gasteiger partial charge is 0.119 e. The molecule has 1 nitrogen and oxygen atoms in total. The molecule has 0 heterocycles. The average molecular weight is 192 g/mol. The van der Waals surface area contributed by atoms with Gasteiger partial charge in [0.15, 0.2) is 0 Å². The van der Waals surface area contributed by atoms with Crippen LogP contribution in [0.25, 0.3) is 0 Å². The van der Waals surface area contributed by atoms with E-state index < -0.39 is 0 Å². The van der Waals surface area contributed by atoms with Gasteiger partial charge in [-0.05, 0) is 37.0 Å². The zero-order chi connectivity index (χ0) is 10.2. The fourth-order valence-corrected chi connectivity index (χ4v) is 1.35. The van der Waals surface area contributed by atoms with E-state index in [-0.39, 0.29) is 0 Å². The minimum atomic E-state index is 0.814. The summed E-state index contributed by atoms with van der Waals surface area (Å²) in [5.74, 6) is 0.993.